The van der Waals surface area contributed by atoms with Crippen LogP contribution in [0.3, 0.4) is 0 Å². The molecular weight excluding hydrogens is 335 g/mol. The molecule has 0 amide bonds. The Kier molecular flexibility index (Phi) is 4.51. The second kappa shape index (κ2) is 6.76. The lowest BCUT2D eigenvalue weighted by atomic mass is 10.1. The summed E-state index contributed by atoms with van der Waals surface area (Å²) in [6.45, 7) is 0. The van der Waals surface area contributed by atoms with Crippen molar-refractivity contribution in [1.29, 1.82) is 0 Å². The molecule has 3 aromatic rings. The summed E-state index contributed by atoms with van der Waals surface area (Å²) in [7, 11) is 1.52. The van der Waals surface area contributed by atoms with Gasteiger partial charge in [-0.25, -0.2) is 15.0 Å². The van der Waals surface area contributed by atoms with Crippen molar-refractivity contribution in [3.8, 4) is 28.6 Å². The number of nitrogens with zero attached hydrogens (tertiary/aromatic N) is 3. The zero-order valence-electron chi connectivity index (χ0n) is 13.0. The fraction of sp³-hybridized carbons (Fsp3) is 0.118. The summed E-state index contributed by atoms with van der Waals surface area (Å²) in [5, 5.41) is 0. The molecule has 8 heteroatoms. The molecule has 0 saturated heterocycles. The van der Waals surface area contributed by atoms with Crippen LogP contribution in [0, 0.1) is 0 Å². The quantitative estimate of drug-likeness (QED) is 0.702. The summed E-state index contributed by atoms with van der Waals surface area (Å²) in [6.07, 6.45) is -0.609. The number of alkyl halides is 3. The van der Waals surface area contributed by atoms with Crippen LogP contribution in [0.1, 0.15) is 5.69 Å². The number of pyridine rings is 1. The second-order valence-electron chi connectivity index (χ2n) is 4.89. The van der Waals surface area contributed by atoms with Crippen molar-refractivity contribution >= 4 is 0 Å². The fourth-order valence-electron chi connectivity index (χ4n) is 2.14. The predicted molar refractivity (Wildman–Crippen MR) is 83.3 cm³/mol. The maximum atomic E-state index is 12.6. The third-order valence-electron chi connectivity index (χ3n) is 3.27. The van der Waals surface area contributed by atoms with Crippen molar-refractivity contribution in [2.45, 2.75) is 6.18 Å². The normalized spacial score (nSPS) is 11.2. The third kappa shape index (κ3) is 3.68. The maximum Gasteiger partial charge on any atom is 0.433 e. The van der Waals surface area contributed by atoms with Crippen LogP contribution in [-0.2, 0) is 6.18 Å². The molecule has 0 aliphatic carbocycles. The Hall–Kier alpha value is -3.16. The van der Waals surface area contributed by atoms with Crippen molar-refractivity contribution in [3.05, 3.63) is 60.7 Å². The zero-order valence-corrected chi connectivity index (χ0v) is 13.0. The highest BCUT2D eigenvalue weighted by Crippen LogP contribution is 2.35. The van der Waals surface area contributed by atoms with Crippen LogP contribution in [0.5, 0.6) is 17.4 Å². The Labute approximate surface area is 141 Å². The summed E-state index contributed by atoms with van der Waals surface area (Å²) >= 11 is 0. The van der Waals surface area contributed by atoms with E-state index >= 15 is 0 Å². The van der Waals surface area contributed by atoms with Gasteiger partial charge in [-0.2, -0.15) is 13.2 Å². The van der Waals surface area contributed by atoms with Crippen molar-refractivity contribution in [2.24, 2.45) is 0 Å². The van der Waals surface area contributed by atoms with Gasteiger partial charge in [0, 0.05) is 18.0 Å². The van der Waals surface area contributed by atoms with Gasteiger partial charge in [-0.1, -0.05) is 12.1 Å². The molecule has 0 atom stereocenters. The predicted octanol–water partition coefficient (Wildman–Crippen LogP) is 4.36. The van der Waals surface area contributed by atoms with Crippen LogP contribution >= 0.6 is 0 Å². The van der Waals surface area contributed by atoms with Gasteiger partial charge < -0.3 is 9.47 Å². The number of benzene rings is 1. The van der Waals surface area contributed by atoms with Crippen molar-refractivity contribution in [1.82, 2.24) is 15.0 Å². The molecule has 0 spiro atoms. The zero-order chi connectivity index (χ0) is 17.9. The minimum Gasteiger partial charge on any atom is -0.496 e. The molecule has 1 aromatic carbocycles. The Morgan fingerprint density at radius 3 is 2.36 bits per heavy atom. The van der Waals surface area contributed by atoms with E-state index in [4.69, 9.17) is 9.47 Å². The molecule has 0 bridgehead atoms. The van der Waals surface area contributed by atoms with E-state index in [0.717, 1.165) is 12.3 Å². The van der Waals surface area contributed by atoms with Gasteiger partial charge in [-0.15, -0.1) is 0 Å². The van der Waals surface area contributed by atoms with Crippen LogP contribution in [0.15, 0.2) is 55.0 Å². The minimum absolute atomic E-state index is 0.115. The summed E-state index contributed by atoms with van der Waals surface area (Å²) in [5.74, 6) is 0.816. The fourth-order valence-corrected chi connectivity index (χ4v) is 2.14. The van der Waals surface area contributed by atoms with Crippen molar-refractivity contribution < 1.29 is 22.6 Å². The number of aromatic nitrogens is 3. The molecule has 0 aliphatic heterocycles. The third-order valence-corrected chi connectivity index (χ3v) is 3.27. The Morgan fingerprint density at radius 1 is 0.920 bits per heavy atom. The SMILES string of the molecule is COc1ccccc1-c1nccnc1Oc1ccc(C(F)(F)F)nc1. The molecule has 0 aliphatic rings. The van der Waals surface area contributed by atoms with E-state index in [1.807, 2.05) is 0 Å². The molecule has 0 N–H and O–H groups in total. The van der Waals surface area contributed by atoms with Crippen molar-refractivity contribution in [2.75, 3.05) is 7.11 Å². The Bertz CT molecular complexity index is 868. The molecule has 2 aromatic heterocycles. The van der Waals surface area contributed by atoms with E-state index in [1.165, 1.54) is 25.6 Å². The van der Waals surface area contributed by atoms with Gasteiger partial charge in [0.05, 0.1) is 13.3 Å². The molecule has 0 saturated carbocycles. The lowest BCUT2D eigenvalue weighted by molar-refractivity contribution is -0.141. The second-order valence-corrected chi connectivity index (χ2v) is 4.89. The summed E-state index contributed by atoms with van der Waals surface area (Å²) < 4.78 is 48.6. The highest BCUT2D eigenvalue weighted by molar-refractivity contribution is 5.71. The number of rotatable bonds is 4. The van der Waals surface area contributed by atoms with Gasteiger partial charge in [-0.05, 0) is 24.3 Å². The number of para-hydroxylation sites is 1. The highest BCUT2D eigenvalue weighted by atomic mass is 19.4. The topological polar surface area (TPSA) is 57.1 Å². The Morgan fingerprint density at radius 2 is 1.68 bits per heavy atom. The lowest BCUT2D eigenvalue weighted by Gasteiger charge is -2.12. The van der Waals surface area contributed by atoms with Crippen LogP contribution in [0.25, 0.3) is 11.3 Å². The molecule has 0 fully saturated rings. The molecule has 128 valence electrons. The summed E-state index contributed by atoms with van der Waals surface area (Å²) in [5.41, 5.74) is 0.0526. The smallest absolute Gasteiger partial charge is 0.433 e. The molecule has 0 radical (unpaired) electrons. The van der Waals surface area contributed by atoms with E-state index in [0.29, 0.717) is 17.0 Å². The van der Waals surface area contributed by atoms with Gasteiger partial charge >= 0.3 is 6.18 Å². The van der Waals surface area contributed by atoms with Crippen LogP contribution in [0.4, 0.5) is 13.2 Å². The number of halogens is 3. The largest absolute Gasteiger partial charge is 0.496 e. The number of ether oxygens (including phenoxy) is 2. The first kappa shape index (κ1) is 16.7. The van der Waals surface area contributed by atoms with Gasteiger partial charge in [0.25, 0.3) is 0 Å². The van der Waals surface area contributed by atoms with Gasteiger partial charge in [0.1, 0.15) is 22.9 Å². The highest BCUT2D eigenvalue weighted by Gasteiger charge is 2.32. The number of hydrogen-bond donors (Lipinski definition) is 0. The first-order valence-electron chi connectivity index (χ1n) is 7.14. The molecule has 25 heavy (non-hydrogen) atoms. The number of methoxy groups -OCH3 is 1. The van der Waals surface area contributed by atoms with E-state index in [1.54, 1.807) is 24.3 Å². The maximum absolute atomic E-state index is 12.6. The van der Waals surface area contributed by atoms with Crippen LogP contribution in [0.2, 0.25) is 0 Å². The standard InChI is InChI=1S/C17H12F3N3O2/c1-24-13-5-3-2-4-12(13)15-16(22-9-8-21-15)25-11-6-7-14(23-10-11)17(18,19)20/h2-10H,1H3. The van der Waals surface area contributed by atoms with E-state index in [2.05, 4.69) is 15.0 Å². The van der Waals surface area contributed by atoms with E-state index in [9.17, 15) is 13.2 Å². The van der Waals surface area contributed by atoms with Gasteiger partial charge in [0.2, 0.25) is 5.88 Å². The molecule has 2 heterocycles. The molecular formula is C17H12F3N3O2. The van der Waals surface area contributed by atoms with E-state index < -0.39 is 11.9 Å². The van der Waals surface area contributed by atoms with Crippen molar-refractivity contribution in [3.63, 3.8) is 0 Å². The summed E-state index contributed by atoms with van der Waals surface area (Å²) in [4.78, 5) is 11.7. The van der Waals surface area contributed by atoms with Gasteiger partial charge in [0.15, 0.2) is 0 Å². The first-order chi connectivity index (χ1) is 12.0. The molecule has 3 rings (SSSR count). The lowest BCUT2D eigenvalue weighted by Crippen LogP contribution is -2.07. The monoisotopic (exact) mass is 347 g/mol. The molecule has 0 unspecified atom stereocenters. The average Bonchev–Trinajstić information content (AvgIpc) is 2.62. The first-order valence-corrected chi connectivity index (χ1v) is 7.14. The molecule has 5 nitrogen and oxygen atoms in total. The minimum atomic E-state index is -4.51. The van der Waals surface area contributed by atoms with Gasteiger partial charge in [-0.3, -0.25) is 0 Å². The van der Waals surface area contributed by atoms with E-state index in [-0.39, 0.29) is 11.6 Å². The summed E-state index contributed by atoms with van der Waals surface area (Å²) in [6, 6.07) is 9.16. The van der Waals surface area contributed by atoms with Crippen LogP contribution in [-0.4, -0.2) is 22.1 Å². The Balaban J connectivity index is 1.94. The van der Waals surface area contributed by atoms with Crippen LogP contribution < -0.4 is 9.47 Å². The average molecular weight is 347 g/mol. The number of hydrogen-bond acceptors (Lipinski definition) is 5.